The Labute approximate surface area is 134 Å². The molecule has 0 heterocycles. The van der Waals surface area contributed by atoms with Crippen molar-refractivity contribution in [3.8, 4) is 11.5 Å². The van der Waals surface area contributed by atoms with Gasteiger partial charge in [0, 0.05) is 10.9 Å². The summed E-state index contributed by atoms with van der Waals surface area (Å²) < 4.78 is 12.6. The molecule has 108 valence electrons. The van der Waals surface area contributed by atoms with Gasteiger partial charge in [-0.15, -0.1) is 0 Å². The number of hydrogen-bond donors (Lipinski definition) is 0. The van der Waals surface area contributed by atoms with Gasteiger partial charge in [-0.1, -0.05) is 36.7 Å². The van der Waals surface area contributed by atoms with Crippen molar-refractivity contribution in [1.29, 1.82) is 0 Å². The highest BCUT2D eigenvalue weighted by atomic mass is 79.9. The van der Waals surface area contributed by atoms with Gasteiger partial charge >= 0.3 is 0 Å². The summed E-state index contributed by atoms with van der Waals surface area (Å²) in [5.74, 6) is 1.77. The van der Waals surface area contributed by atoms with Crippen molar-refractivity contribution < 1.29 is 9.16 Å². The summed E-state index contributed by atoms with van der Waals surface area (Å²) in [6.45, 7) is 11.2. The Bertz CT molecular complexity index is 453. The van der Waals surface area contributed by atoms with Gasteiger partial charge in [0.15, 0.2) is 0 Å². The number of rotatable bonds is 4. The number of ether oxygens (including phenoxy) is 1. The Morgan fingerprint density at radius 3 is 2.16 bits per heavy atom. The van der Waals surface area contributed by atoms with Gasteiger partial charge < -0.3 is 9.16 Å². The second-order valence-corrected chi connectivity index (χ2v) is 12.2. The zero-order valence-corrected chi connectivity index (χ0v) is 16.6. The Morgan fingerprint density at radius 1 is 1.16 bits per heavy atom. The Kier molecular flexibility index (Phi) is 5.55. The minimum absolute atomic E-state index is 0.184. The van der Waals surface area contributed by atoms with E-state index in [0.717, 1.165) is 26.9 Å². The fourth-order valence-corrected chi connectivity index (χ4v) is 3.33. The second-order valence-electron chi connectivity index (χ2n) is 6.09. The molecule has 0 aliphatic carbocycles. The standard InChI is InChI=1S/C14H22Br2O2Si/c1-14(2,3)19(5,6)18-12-8-11(16)13(17-4)7-10(12)9-15/h7-8H,9H2,1-6H3. The third kappa shape index (κ3) is 3.98. The van der Waals surface area contributed by atoms with Crippen LogP contribution in [0.2, 0.25) is 18.1 Å². The van der Waals surface area contributed by atoms with Crippen LogP contribution in [0.15, 0.2) is 16.6 Å². The molecular formula is C14H22Br2O2Si. The molecule has 0 bridgehead atoms. The molecule has 1 rings (SSSR count). The normalized spacial score (nSPS) is 12.4. The lowest BCUT2D eigenvalue weighted by atomic mass is 10.2. The van der Waals surface area contributed by atoms with Gasteiger partial charge in [-0.3, -0.25) is 0 Å². The number of alkyl halides is 1. The maximum Gasteiger partial charge on any atom is 0.250 e. The van der Waals surface area contributed by atoms with Crippen LogP contribution < -0.4 is 9.16 Å². The number of methoxy groups -OCH3 is 1. The summed E-state index contributed by atoms with van der Waals surface area (Å²) in [6, 6.07) is 4.03. The highest BCUT2D eigenvalue weighted by Crippen LogP contribution is 2.41. The molecule has 1 aromatic rings. The van der Waals surface area contributed by atoms with E-state index in [-0.39, 0.29) is 5.04 Å². The zero-order valence-electron chi connectivity index (χ0n) is 12.4. The van der Waals surface area contributed by atoms with E-state index in [1.807, 2.05) is 12.1 Å². The van der Waals surface area contributed by atoms with Crippen LogP contribution in [0, 0.1) is 0 Å². The van der Waals surface area contributed by atoms with E-state index >= 15 is 0 Å². The van der Waals surface area contributed by atoms with Gasteiger partial charge in [0.1, 0.15) is 11.5 Å². The number of halogens is 2. The third-order valence-corrected chi connectivity index (χ3v) is 9.22. The molecule has 1 aromatic carbocycles. The van der Waals surface area contributed by atoms with E-state index in [2.05, 4.69) is 65.7 Å². The second kappa shape index (κ2) is 6.18. The van der Waals surface area contributed by atoms with Crippen molar-refractivity contribution in [3.63, 3.8) is 0 Å². The first-order chi connectivity index (χ1) is 8.62. The fourth-order valence-electron chi connectivity index (χ4n) is 1.36. The summed E-state index contributed by atoms with van der Waals surface area (Å²) in [6.07, 6.45) is 0. The van der Waals surface area contributed by atoms with Gasteiger partial charge in [0.05, 0.1) is 11.6 Å². The maximum atomic E-state index is 6.39. The van der Waals surface area contributed by atoms with Crippen molar-refractivity contribution >= 4 is 40.2 Å². The van der Waals surface area contributed by atoms with Gasteiger partial charge in [-0.25, -0.2) is 0 Å². The van der Waals surface area contributed by atoms with E-state index in [4.69, 9.17) is 9.16 Å². The molecular weight excluding hydrogens is 388 g/mol. The highest BCUT2D eigenvalue weighted by molar-refractivity contribution is 9.10. The Balaban J connectivity index is 3.18. The molecule has 19 heavy (non-hydrogen) atoms. The van der Waals surface area contributed by atoms with Gasteiger partial charge in [-0.2, -0.15) is 0 Å². The highest BCUT2D eigenvalue weighted by Gasteiger charge is 2.39. The molecule has 0 N–H and O–H groups in total. The molecule has 0 saturated heterocycles. The van der Waals surface area contributed by atoms with Crippen molar-refractivity contribution in [2.75, 3.05) is 7.11 Å². The van der Waals surface area contributed by atoms with Crippen LogP contribution in [0.1, 0.15) is 26.3 Å². The monoisotopic (exact) mass is 408 g/mol. The van der Waals surface area contributed by atoms with E-state index in [0.29, 0.717) is 0 Å². The molecule has 0 aromatic heterocycles. The molecule has 5 heteroatoms. The van der Waals surface area contributed by atoms with Crippen LogP contribution >= 0.6 is 31.9 Å². The minimum Gasteiger partial charge on any atom is -0.543 e. The van der Waals surface area contributed by atoms with Gasteiger partial charge in [0.2, 0.25) is 8.32 Å². The fraction of sp³-hybridized carbons (Fsp3) is 0.571. The lowest BCUT2D eigenvalue weighted by Crippen LogP contribution is -2.44. The van der Waals surface area contributed by atoms with Crippen LogP contribution in [0.3, 0.4) is 0 Å². The largest absolute Gasteiger partial charge is 0.543 e. The van der Waals surface area contributed by atoms with Crippen molar-refractivity contribution in [1.82, 2.24) is 0 Å². The molecule has 0 spiro atoms. The first-order valence-electron chi connectivity index (χ1n) is 6.24. The summed E-state index contributed by atoms with van der Waals surface area (Å²) in [5, 5.41) is 0.934. The van der Waals surface area contributed by atoms with Crippen molar-refractivity contribution in [2.45, 2.75) is 44.2 Å². The molecule has 0 amide bonds. The van der Waals surface area contributed by atoms with E-state index in [1.165, 1.54) is 0 Å². The smallest absolute Gasteiger partial charge is 0.250 e. The topological polar surface area (TPSA) is 18.5 Å². The molecule has 0 unspecified atom stereocenters. The first-order valence-corrected chi connectivity index (χ1v) is 11.1. The van der Waals surface area contributed by atoms with Crippen LogP contribution in [-0.4, -0.2) is 15.4 Å². The number of hydrogen-bond acceptors (Lipinski definition) is 2. The summed E-state index contributed by atoms with van der Waals surface area (Å²) in [7, 11) is -0.153. The quantitative estimate of drug-likeness (QED) is 0.466. The Morgan fingerprint density at radius 2 is 1.74 bits per heavy atom. The SMILES string of the molecule is COc1cc(CBr)c(O[Si](C)(C)C(C)(C)C)cc1Br. The minimum atomic E-state index is -1.83. The van der Waals surface area contributed by atoms with Crippen LogP contribution in [-0.2, 0) is 5.33 Å². The third-order valence-electron chi connectivity index (χ3n) is 3.65. The average molecular weight is 410 g/mol. The van der Waals surface area contributed by atoms with E-state index < -0.39 is 8.32 Å². The summed E-state index contributed by atoms with van der Waals surface area (Å²) in [5.41, 5.74) is 1.12. The lowest BCUT2D eigenvalue weighted by molar-refractivity contribution is 0.410. The molecule has 0 radical (unpaired) electrons. The molecule has 2 nitrogen and oxygen atoms in total. The van der Waals surface area contributed by atoms with Gasteiger partial charge in [0.25, 0.3) is 0 Å². The predicted octanol–water partition coefficient (Wildman–Crippen LogP) is 5.74. The van der Waals surface area contributed by atoms with Crippen LogP contribution in [0.5, 0.6) is 11.5 Å². The predicted molar refractivity (Wildman–Crippen MR) is 91.2 cm³/mol. The molecule has 0 atom stereocenters. The lowest BCUT2D eigenvalue weighted by Gasteiger charge is -2.37. The van der Waals surface area contributed by atoms with Gasteiger partial charge in [-0.05, 0) is 46.2 Å². The van der Waals surface area contributed by atoms with E-state index in [1.54, 1.807) is 7.11 Å². The van der Waals surface area contributed by atoms with Crippen LogP contribution in [0.25, 0.3) is 0 Å². The van der Waals surface area contributed by atoms with Crippen molar-refractivity contribution in [3.05, 3.63) is 22.2 Å². The van der Waals surface area contributed by atoms with Crippen LogP contribution in [0.4, 0.5) is 0 Å². The average Bonchev–Trinajstić information content (AvgIpc) is 2.27. The molecule has 0 aliphatic heterocycles. The Hall–Kier alpha value is -0.00312. The zero-order chi connectivity index (χ0) is 14.8. The maximum absolute atomic E-state index is 6.39. The first kappa shape index (κ1) is 17.0. The van der Waals surface area contributed by atoms with Crippen molar-refractivity contribution in [2.24, 2.45) is 0 Å². The summed E-state index contributed by atoms with van der Waals surface area (Å²) >= 11 is 7.04. The number of benzene rings is 1. The van der Waals surface area contributed by atoms with E-state index in [9.17, 15) is 0 Å². The summed E-state index contributed by atoms with van der Waals surface area (Å²) in [4.78, 5) is 0. The molecule has 0 saturated carbocycles. The molecule has 0 fully saturated rings. The molecule has 0 aliphatic rings.